The van der Waals surface area contributed by atoms with Crippen molar-refractivity contribution >= 4 is 5.91 Å². The van der Waals surface area contributed by atoms with Crippen molar-refractivity contribution in [1.29, 1.82) is 0 Å². The maximum atomic E-state index is 13.7. The fourth-order valence-electron chi connectivity index (χ4n) is 2.40. The van der Waals surface area contributed by atoms with Crippen LogP contribution in [0.3, 0.4) is 0 Å². The van der Waals surface area contributed by atoms with Gasteiger partial charge < -0.3 is 9.42 Å². The van der Waals surface area contributed by atoms with Crippen LogP contribution in [0.15, 0.2) is 15.9 Å². The predicted molar refractivity (Wildman–Crippen MR) is 75.0 cm³/mol. The quantitative estimate of drug-likeness (QED) is 0.791. The van der Waals surface area contributed by atoms with Crippen LogP contribution in [0.5, 0.6) is 0 Å². The molecule has 1 aromatic heterocycles. The van der Waals surface area contributed by atoms with Crippen LogP contribution < -0.4 is 0 Å². The van der Waals surface area contributed by atoms with E-state index in [4.69, 9.17) is 4.52 Å². The van der Waals surface area contributed by atoms with E-state index < -0.39 is 11.7 Å². The number of hydrogen-bond donors (Lipinski definition) is 0. The largest absolute Gasteiger partial charge is 0.340 e. The van der Waals surface area contributed by atoms with E-state index in [9.17, 15) is 9.18 Å². The van der Waals surface area contributed by atoms with Crippen molar-refractivity contribution in [1.82, 2.24) is 19.9 Å². The van der Waals surface area contributed by atoms with Gasteiger partial charge in [-0.25, -0.2) is 4.39 Å². The van der Waals surface area contributed by atoms with E-state index in [1.807, 2.05) is 7.05 Å². The monoisotopic (exact) mass is 296 g/mol. The molecule has 1 unspecified atom stereocenters. The lowest BCUT2D eigenvalue weighted by Gasteiger charge is -2.23. The SMILES string of the molecule is CC(C)=C(F)C(=O)N1CCC(N(C)Cc2noc(C)n2)C1. The van der Waals surface area contributed by atoms with Gasteiger partial charge in [-0.1, -0.05) is 5.16 Å². The van der Waals surface area contributed by atoms with Gasteiger partial charge in [0, 0.05) is 26.1 Å². The molecule has 0 aromatic carbocycles. The Bertz CT molecular complexity index is 551. The van der Waals surface area contributed by atoms with Crippen LogP contribution in [0.1, 0.15) is 32.0 Å². The summed E-state index contributed by atoms with van der Waals surface area (Å²) >= 11 is 0. The van der Waals surface area contributed by atoms with E-state index in [-0.39, 0.29) is 6.04 Å². The third-order valence-electron chi connectivity index (χ3n) is 3.66. The molecule has 0 N–H and O–H groups in total. The summed E-state index contributed by atoms with van der Waals surface area (Å²) in [5, 5.41) is 3.86. The molecule has 7 heteroatoms. The number of likely N-dealkylation sites (N-methyl/N-ethyl adjacent to an activating group) is 1. The first-order valence-electron chi connectivity index (χ1n) is 7.00. The van der Waals surface area contributed by atoms with E-state index in [0.29, 0.717) is 36.9 Å². The van der Waals surface area contributed by atoms with Crippen molar-refractivity contribution in [3.63, 3.8) is 0 Å². The molecule has 2 heterocycles. The number of halogens is 1. The number of carbonyl (C=O) groups excluding carboxylic acids is 1. The van der Waals surface area contributed by atoms with Crippen LogP contribution in [-0.4, -0.2) is 52.0 Å². The van der Waals surface area contributed by atoms with Gasteiger partial charge in [0.2, 0.25) is 5.89 Å². The summed E-state index contributed by atoms with van der Waals surface area (Å²) in [7, 11) is 1.95. The standard InChI is InChI=1S/C14H21FN4O2/c1-9(2)13(15)14(20)19-6-5-11(7-19)18(4)8-12-16-10(3)21-17-12/h11H,5-8H2,1-4H3. The summed E-state index contributed by atoms with van der Waals surface area (Å²) in [6.07, 6.45) is 0.815. The van der Waals surface area contributed by atoms with Crippen molar-refractivity contribution in [3.05, 3.63) is 23.1 Å². The van der Waals surface area contributed by atoms with E-state index in [1.54, 1.807) is 25.7 Å². The van der Waals surface area contributed by atoms with E-state index in [2.05, 4.69) is 15.0 Å². The molecule has 21 heavy (non-hydrogen) atoms. The minimum absolute atomic E-state index is 0.178. The number of likely N-dealkylation sites (tertiary alicyclic amines) is 1. The zero-order valence-corrected chi connectivity index (χ0v) is 12.9. The molecule has 2 rings (SSSR count). The fourth-order valence-corrected chi connectivity index (χ4v) is 2.40. The van der Waals surface area contributed by atoms with E-state index >= 15 is 0 Å². The first kappa shape index (κ1) is 15.6. The van der Waals surface area contributed by atoms with Crippen LogP contribution in [0, 0.1) is 6.92 Å². The Hall–Kier alpha value is -1.76. The normalized spacial score (nSPS) is 18.4. The van der Waals surface area contributed by atoms with Crippen LogP contribution in [0.25, 0.3) is 0 Å². The summed E-state index contributed by atoms with van der Waals surface area (Å²) < 4.78 is 18.6. The first-order chi connectivity index (χ1) is 9.88. The fraction of sp³-hybridized carbons (Fsp3) is 0.643. The third-order valence-corrected chi connectivity index (χ3v) is 3.66. The Labute approximate surface area is 123 Å². The molecule has 1 atom stereocenters. The van der Waals surface area contributed by atoms with Crippen LogP contribution >= 0.6 is 0 Å². The zero-order valence-electron chi connectivity index (χ0n) is 12.9. The Morgan fingerprint density at radius 3 is 2.81 bits per heavy atom. The van der Waals surface area contributed by atoms with Gasteiger partial charge in [-0.2, -0.15) is 4.98 Å². The summed E-state index contributed by atoms with van der Waals surface area (Å²) in [6, 6.07) is 0.178. The maximum absolute atomic E-state index is 13.7. The molecule has 1 amide bonds. The highest BCUT2D eigenvalue weighted by Crippen LogP contribution is 2.19. The molecule has 6 nitrogen and oxygen atoms in total. The number of amides is 1. The summed E-state index contributed by atoms with van der Waals surface area (Å²) in [5.41, 5.74) is 0.416. The second-order valence-corrected chi connectivity index (χ2v) is 5.65. The molecule has 1 aromatic rings. The lowest BCUT2D eigenvalue weighted by atomic mass is 10.2. The van der Waals surface area contributed by atoms with Gasteiger partial charge in [0.1, 0.15) is 0 Å². The van der Waals surface area contributed by atoms with E-state index in [1.165, 1.54) is 0 Å². The highest BCUT2D eigenvalue weighted by molar-refractivity contribution is 5.92. The summed E-state index contributed by atoms with van der Waals surface area (Å²) in [6.45, 7) is 6.59. The maximum Gasteiger partial charge on any atom is 0.282 e. The Kier molecular flexibility index (Phi) is 4.72. The highest BCUT2D eigenvalue weighted by Gasteiger charge is 2.31. The molecular formula is C14H21FN4O2. The number of nitrogens with zero attached hydrogens (tertiary/aromatic N) is 4. The molecule has 1 saturated heterocycles. The highest BCUT2D eigenvalue weighted by atomic mass is 19.1. The molecule has 0 aliphatic carbocycles. The minimum atomic E-state index is -0.646. The molecule has 1 aliphatic heterocycles. The van der Waals surface area contributed by atoms with Crippen molar-refractivity contribution in [2.24, 2.45) is 0 Å². The smallest absolute Gasteiger partial charge is 0.282 e. The van der Waals surface area contributed by atoms with Crippen molar-refractivity contribution < 1.29 is 13.7 Å². The van der Waals surface area contributed by atoms with Gasteiger partial charge in [-0.15, -0.1) is 0 Å². The Morgan fingerprint density at radius 1 is 1.52 bits per heavy atom. The van der Waals surface area contributed by atoms with Gasteiger partial charge in [-0.05, 0) is 32.9 Å². The Balaban J connectivity index is 1.93. The second-order valence-electron chi connectivity index (χ2n) is 5.65. The van der Waals surface area contributed by atoms with Crippen molar-refractivity contribution in [2.45, 2.75) is 39.8 Å². The molecule has 0 radical (unpaired) electrons. The van der Waals surface area contributed by atoms with Crippen LogP contribution in [0.2, 0.25) is 0 Å². The lowest BCUT2D eigenvalue weighted by molar-refractivity contribution is -0.127. The predicted octanol–water partition coefficient (Wildman–Crippen LogP) is 1.67. The van der Waals surface area contributed by atoms with Gasteiger partial charge >= 0.3 is 0 Å². The van der Waals surface area contributed by atoms with Crippen LogP contribution in [-0.2, 0) is 11.3 Å². The van der Waals surface area contributed by atoms with Crippen LogP contribution in [0.4, 0.5) is 4.39 Å². The molecule has 0 bridgehead atoms. The van der Waals surface area contributed by atoms with Gasteiger partial charge in [0.15, 0.2) is 11.7 Å². The molecule has 116 valence electrons. The second kappa shape index (κ2) is 6.34. The van der Waals surface area contributed by atoms with Gasteiger partial charge in [-0.3, -0.25) is 9.69 Å². The average Bonchev–Trinajstić information content (AvgIpc) is 3.06. The molecular weight excluding hydrogens is 275 g/mol. The number of aryl methyl sites for hydroxylation is 1. The third kappa shape index (κ3) is 3.66. The molecule has 0 spiro atoms. The zero-order chi connectivity index (χ0) is 15.6. The van der Waals surface area contributed by atoms with Gasteiger partial charge in [0.05, 0.1) is 6.54 Å². The molecule has 1 aliphatic rings. The van der Waals surface area contributed by atoms with Crippen molar-refractivity contribution in [2.75, 3.05) is 20.1 Å². The molecule has 1 fully saturated rings. The number of rotatable bonds is 4. The number of aromatic nitrogens is 2. The lowest BCUT2D eigenvalue weighted by Crippen LogP contribution is -2.36. The van der Waals surface area contributed by atoms with Crippen molar-refractivity contribution in [3.8, 4) is 0 Å². The number of hydrogen-bond acceptors (Lipinski definition) is 5. The topological polar surface area (TPSA) is 62.5 Å². The Morgan fingerprint density at radius 2 is 2.24 bits per heavy atom. The average molecular weight is 296 g/mol. The van der Waals surface area contributed by atoms with Gasteiger partial charge in [0.25, 0.3) is 5.91 Å². The number of carbonyl (C=O) groups is 1. The molecule has 0 saturated carbocycles. The first-order valence-corrected chi connectivity index (χ1v) is 7.00. The summed E-state index contributed by atoms with van der Waals surface area (Å²) in [4.78, 5) is 19.7. The minimum Gasteiger partial charge on any atom is -0.340 e. The summed E-state index contributed by atoms with van der Waals surface area (Å²) in [5.74, 6) is -0.00378. The number of allylic oxidation sites excluding steroid dienone is 1. The van der Waals surface area contributed by atoms with E-state index in [0.717, 1.165) is 6.42 Å².